The van der Waals surface area contributed by atoms with Crippen molar-refractivity contribution >= 4 is 46.7 Å². The molecule has 0 radical (unpaired) electrons. The first-order chi connectivity index (χ1) is 22.1. The molecule has 0 bridgehead atoms. The van der Waals surface area contributed by atoms with Gasteiger partial charge < -0.3 is 24.9 Å². The Morgan fingerprint density at radius 3 is 2.32 bits per heavy atom. The number of hydrogen-bond donors (Lipinski definition) is 3. The fourth-order valence-corrected chi connectivity index (χ4v) is 7.99. The molecule has 2 heterocycles. The van der Waals surface area contributed by atoms with Crippen LogP contribution in [-0.2, 0) is 26.4 Å². The highest BCUT2D eigenvalue weighted by Gasteiger charge is 2.50. The maximum atomic E-state index is 14.3. The smallest absolute Gasteiger partial charge is 0.339 e. The third kappa shape index (κ3) is 7.61. The molecule has 1 aliphatic carbocycles. The minimum absolute atomic E-state index is 0.0713. The van der Waals surface area contributed by atoms with E-state index in [9.17, 15) is 27.7 Å². The second-order valence-electron chi connectivity index (χ2n) is 13.7. The highest BCUT2D eigenvalue weighted by molar-refractivity contribution is 7.52. The molecular formula is C34H42F2N3O6PS. The van der Waals surface area contributed by atoms with E-state index in [2.05, 4.69) is 5.32 Å². The molecule has 1 aromatic heterocycles. The SMILES string of the molecule is CC(C)(C)C(NC(=O)c1cc2cc(C(F)(F)P(=O)(O)O)ccc2s1)C(=O)N1CCCC1C(=O)N(Cc1ccccc1)C1CCCCC1. The topological polar surface area (TPSA) is 127 Å². The molecule has 2 unspecified atom stereocenters. The molecule has 1 saturated carbocycles. The van der Waals surface area contributed by atoms with Gasteiger partial charge in [-0.25, -0.2) is 0 Å². The Bertz CT molecular complexity index is 1660. The maximum Gasteiger partial charge on any atom is 0.399 e. The van der Waals surface area contributed by atoms with Crippen LogP contribution in [0.25, 0.3) is 10.1 Å². The summed E-state index contributed by atoms with van der Waals surface area (Å²) >= 11 is 1.02. The number of thiophene rings is 1. The molecule has 2 fully saturated rings. The lowest BCUT2D eigenvalue weighted by Gasteiger charge is -2.39. The highest BCUT2D eigenvalue weighted by Crippen LogP contribution is 2.59. The van der Waals surface area contributed by atoms with Crippen LogP contribution in [0.15, 0.2) is 54.6 Å². The minimum Gasteiger partial charge on any atom is -0.339 e. The summed E-state index contributed by atoms with van der Waals surface area (Å²) in [5.41, 5.74) is -4.94. The van der Waals surface area contributed by atoms with Crippen LogP contribution in [0, 0.1) is 5.41 Å². The molecule has 254 valence electrons. The predicted octanol–water partition coefficient (Wildman–Crippen LogP) is 6.63. The van der Waals surface area contributed by atoms with Crippen molar-refractivity contribution in [1.29, 1.82) is 0 Å². The van der Waals surface area contributed by atoms with Gasteiger partial charge >= 0.3 is 13.3 Å². The van der Waals surface area contributed by atoms with Crippen LogP contribution in [0.1, 0.15) is 86.5 Å². The summed E-state index contributed by atoms with van der Waals surface area (Å²) in [7, 11) is -5.76. The molecule has 0 spiro atoms. The van der Waals surface area contributed by atoms with Gasteiger partial charge in [0, 0.05) is 29.4 Å². The molecule has 13 heteroatoms. The van der Waals surface area contributed by atoms with Gasteiger partial charge in [0.1, 0.15) is 12.1 Å². The van der Waals surface area contributed by atoms with Crippen LogP contribution in [0.5, 0.6) is 0 Å². The molecular weight excluding hydrogens is 647 g/mol. The lowest BCUT2D eigenvalue weighted by Crippen LogP contribution is -2.58. The molecule has 3 amide bonds. The zero-order valence-corrected chi connectivity index (χ0v) is 28.5. The summed E-state index contributed by atoms with van der Waals surface area (Å²) in [6.07, 6.45) is 6.30. The summed E-state index contributed by atoms with van der Waals surface area (Å²) in [6, 6.07) is 12.9. The number of nitrogens with one attached hydrogen (secondary N) is 1. The van der Waals surface area contributed by atoms with Gasteiger partial charge in [-0.3, -0.25) is 18.9 Å². The lowest BCUT2D eigenvalue weighted by atomic mass is 9.85. The van der Waals surface area contributed by atoms with Gasteiger partial charge in [-0.2, -0.15) is 8.78 Å². The van der Waals surface area contributed by atoms with Crippen LogP contribution < -0.4 is 5.32 Å². The van der Waals surface area contributed by atoms with Crippen molar-refractivity contribution in [2.45, 2.75) is 96.1 Å². The molecule has 2 aliphatic rings. The molecule has 5 rings (SSSR count). The number of nitrogens with zero attached hydrogens (tertiary/aromatic N) is 2. The summed E-state index contributed by atoms with van der Waals surface area (Å²) in [4.78, 5) is 64.1. The zero-order valence-electron chi connectivity index (χ0n) is 26.8. The van der Waals surface area contributed by atoms with Crippen molar-refractivity contribution < 1.29 is 37.5 Å². The van der Waals surface area contributed by atoms with Crippen LogP contribution in [-0.4, -0.2) is 62.0 Å². The quantitative estimate of drug-likeness (QED) is 0.217. The summed E-state index contributed by atoms with van der Waals surface area (Å²) in [5, 5.41) is 3.07. The second-order valence-corrected chi connectivity index (χ2v) is 16.4. The van der Waals surface area contributed by atoms with Crippen molar-refractivity contribution in [3.05, 3.63) is 70.6 Å². The number of amides is 3. The number of alkyl halides is 2. The van der Waals surface area contributed by atoms with Gasteiger partial charge in [0.25, 0.3) is 5.91 Å². The number of fused-ring (bicyclic) bond motifs is 1. The average molecular weight is 690 g/mol. The van der Waals surface area contributed by atoms with Gasteiger partial charge in [-0.1, -0.05) is 76.4 Å². The predicted molar refractivity (Wildman–Crippen MR) is 177 cm³/mol. The monoisotopic (exact) mass is 689 g/mol. The summed E-state index contributed by atoms with van der Waals surface area (Å²) in [6.45, 7) is 6.34. The van der Waals surface area contributed by atoms with E-state index in [0.717, 1.165) is 61.1 Å². The Hall–Kier alpha value is -3.18. The number of benzene rings is 2. The highest BCUT2D eigenvalue weighted by atomic mass is 32.1. The van der Waals surface area contributed by atoms with E-state index in [1.165, 1.54) is 12.1 Å². The minimum atomic E-state index is -5.76. The molecule has 3 N–H and O–H groups in total. The first-order valence-electron chi connectivity index (χ1n) is 16.0. The van der Waals surface area contributed by atoms with E-state index < -0.39 is 42.2 Å². The number of hydrogen-bond acceptors (Lipinski definition) is 5. The van der Waals surface area contributed by atoms with Crippen molar-refractivity contribution in [1.82, 2.24) is 15.1 Å². The van der Waals surface area contributed by atoms with Crippen molar-refractivity contribution in [3.8, 4) is 0 Å². The van der Waals surface area contributed by atoms with E-state index in [1.54, 1.807) is 4.90 Å². The molecule has 1 saturated heterocycles. The first-order valence-corrected chi connectivity index (χ1v) is 18.4. The molecule has 2 aromatic carbocycles. The molecule has 9 nitrogen and oxygen atoms in total. The fraction of sp³-hybridized carbons (Fsp3) is 0.500. The molecule has 3 aromatic rings. The summed E-state index contributed by atoms with van der Waals surface area (Å²) < 4.78 is 40.5. The van der Waals surface area contributed by atoms with Crippen molar-refractivity contribution in [2.24, 2.45) is 5.41 Å². The standard InChI is InChI=1S/C34H42F2N3O6PS/c1-33(2,3)29(37-30(40)28-20-23-19-24(16-17-27(23)47-28)34(35,36)46(43,44)45)32(42)38-18-10-15-26(38)31(41)39(25-13-8-5-9-14-25)21-22-11-6-4-7-12-22/h4,6-7,11-12,16-17,19-20,25-26,29H,5,8-10,13-15,18,21H2,1-3H3,(H,37,40)(H2,43,44,45). The summed E-state index contributed by atoms with van der Waals surface area (Å²) in [5.74, 6) is -1.01. The van der Waals surface area contributed by atoms with Gasteiger partial charge in [0.05, 0.1) is 4.88 Å². The number of rotatable bonds is 9. The second kappa shape index (κ2) is 13.7. The van der Waals surface area contributed by atoms with Gasteiger partial charge in [-0.05, 0) is 60.2 Å². The third-order valence-electron chi connectivity index (χ3n) is 9.16. The Balaban J connectivity index is 1.37. The molecule has 47 heavy (non-hydrogen) atoms. The zero-order chi connectivity index (χ0) is 34.1. The van der Waals surface area contributed by atoms with E-state index in [-0.39, 0.29) is 28.1 Å². The van der Waals surface area contributed by atoms with Crippen LogP contribution in [0.3, 0.4) is 0 Å². The average Bonchev–Trinajstić information content (AvgIpc) is 3.69. The van der Waals surface area contributed by atoms with E-state index in [0.29, 0.717) is 30.6 Å². The van der Waals surface area contributed by atoms with Crippen LogP contribution >= 0.6 is 18.9 Å². The van der Waals surface area contributed by atoms with Gasteiger partial charge in [-0.15, -0.1) is 11.3 Å². The molecule has 2 atom stereocenters. The van der Waals surface area contributed by atoms with Gasteiger partial charge in [0.15, 0.2) is 0 Å². The number of halogens is 2. The first kappa shape index (κ1) is 35.1. The Kier molecular flexibility index (Phi) is 10.3. The Labute approximate surface area is 277 Å². The van der Waals surface area contributed by atoms with Gasteiger partial charge in [0.2, 0.25) is 11.8 Å². The molecule has 1 aliphatic heterocycles. The fourth-order valence-electron chi connectivity index (χ4n) is 6.57. The third-order valence-corrected chi connectivity index (χ3v) is 11.3. The normalized spacial score (nSPS) is 18.7. The number of carbonyl (C=O) groups is 3. The lowest BCUT2D eigenvalue weighted by molar-refractivity contribution is -0.148. The Morgan fingerprint density at radius 2 is 1.68 bits per heavy atom. The largest absolute Gasteiger partial charge is 0.399 e. The number of carbonyl (C=O) groups excluding carboxylic acids is 3. The van der Waals surface area contributed by atoms with Crippen molar-refractivity contribution in [2.75, 3.05) is 6.54 Å². The van der Waals surface area contributed by atoms with E-state index in [4.69, 9.17) is 9.79 Å². The van der Waals surface area contributed by atoms with E-state index in [1.807, 2.05) is 56.0 Å². The van der Waals surface area contributed by atoms with E-state index >= 15 is 0 Å². The number of likely N-dealkylation sites (tertiary alicyclic amines) is 1. The van der Waals surface area contributed by atoms with Crippen LogP contribution in [0.2, 0.25) is 0 Å². The van der Waals surface area contributed by atoms with Crippen molar-refractivity contribution in [3.63, 3.8) is 0 Å². The Morgan fingerprint density at radius 1 is 1.00 bits per heavy atom. The maximum absolute atomic E-state index is 14.3. The van der Waals surface area contributed by atoms with Crippen LogP contribution in [0.4, 0.5) is 8.78 Å².